The average Bonchev–Trinajstić information content (AvgIpc) is 3.09. The van der Waals surface area contributed by atoms with Crippen molar-refractivity contribution in [3.05, 3.63) is 47.6 Å². The fraction of sp³-hybridized carbons (Fsp3) is 0.381. The van der Waals surface area contributed by atoms with Crippen molar-refractivity contribution < 1.29 is 9.53 Å². The molecule has 1 aliphatic rings. The lowest BCUT2D eigenvalue weighted by Gasteiger charge is -2.30. The molecule has 0 spiro atoms. The summed E-state index contributed by atoms with van der Waals surface area (Å²) in [6, 6.07) is 10.3. The van der Waals surface area contributed by atoms with Crippen LogP contribution < -0.4 is 4.74 Å². The number of likely N-dealkylation sites (tertiary alicyclic amines) is 1. The smallest absolute Gasteiger partial charge is 0.233 e. The number of fused-ring (bicyclic) bond motifs is 1. The third-order valence-corrected chi connectivity index (χ3v) is 6.94. The molecule has 7 heteroatoms. The van der Waals surface area contributed by atoms with Crippen molar-refractivity contribution in [3.8, 4) is 5.75 Å². The predicted octanol–water partition coefficient (Wildman–Crippen LogP) is 4.94. The minimum absolute atomic E-state index is 0.132. The Balaban J connectivity index is 1.50. The zero-order valence-corrected chi connectivity index (χ0v) is 17.5. The molecule has 1 amide bonds. The van der Waals surface area contributed by atoms with Crippen LogP contribution in [0, 0.1) is 0 Å². The van der Waals surface area contributed by atoms with E-state index >= 15 is 0 Å². The maximum atomic E-state index is 13.1. The van der Waals surface area contributed by atoms with Crippen LogP contribution in [0.1, 0.15) is 37.3 Å². The normalized spacial score (nSPS) is 17.5. The molecule has 4 rings (SSSR count). The number of thioether (sulfide) groups is 1. The number of hydrogen-bond acceptors (Lipinski definition) is 6. The van der Waals surface area contributed by atoms with E-state index in [-0.39, 0.29) is 11.9 Å². The topological polar surface area (TPSA) is 55.3 Å². The summed E-state index contributed by atoms with van der Waals surface area (Å²) < 4.78 is 5.28. The maximum absolute atomic E-state index is 13.1. The molecule has 0 aliphatic carbocycles. The molecule has 28 heavy (non-hydrogen) atoms. The number of methoxy groups -OCH3 is 1. The van der Waals surface area contributed by atoms with Crippen LogP contribution in [-0.2, 0) is 4.79 Å². The van der Waals surface area contributed by atoms with E-state index in [1.807, 2.05) is 23.6 Å². The Labute approximate surface area is 173 Å². The number of carbonyl (C=O) groups is 1. The van der Waals surface area contributed by atoms with E-state index in [9.17, 15) is 4.79 Å². The molecule has 0 bridgehead atoms. The number of benzene rings is 1. The molecule has 1 fully saturated rings. The van der Waals surface area contributed by atoms with Gasteiger partial charge >= 0.3 is 0 Å². The highest BCUT2D eigenvalue weighted by molar-refractivity contribution is 8.00. The molecule has 1 aliphatic heterocycles. The number of thiophene rings is 1. The molecule has 1 saturated heterocycles. The van der Waals surface area contributed by atoms with E-state index in [0.717, 1.165) is 46.8 Å². The summed E-state index contributed by atoms with van der Waals surface area (Å²) in [6.45, 7) is 0.813. The zero-order chi connectivity index (χ0) is 19.3. The summed E-state index contributed by atoms with van der Waals surface area (Å²) >= 11 is 3.11. The van der Waals surface area contributed by atoms with Gasteiger partial charge in [-0.15, -0.1) is 11.3 Å². The molecule has 1 aromatic carbocycles. The molecular formula is C21H23N3O2S2. The van der Waals surface area contributed by atoms with Crippen LogP contribution >= 0.6 is 23.1 Å². The summed E-state index contributed by atoms with van der Waals surface area (Å²) in [5, 5.41) is 3.93. The largest absolute Gasteiger partial charge is 0.497 e. The van der Waals surface area contributed by atoms with Crippen LogP contribution in [0.4, 0.5) is 0 Å². The van der Waals surface area contributed by atoms with Crippen molar-refractivity contribution in [1.29, 1.82) is 0 Å². The fourth-order valence-electron chi connectivity index (χ4n) is 3.67. The Bertz CT molecular complexity index is 942. The molecule has 5 nitrogen and oxygen atoms in total. The molecule has 3 aromatic rings. The third-order valence-electron chi connectivity index (χ3n) is 5.13. The monoisotopic (exact) mass is 413 g/mol. The second kappa shape index (κ2) is 8.92. The maximum Gasteiger partial charge on any atom is 0.233 e. The van der Waals surface area contributed by atoms with Crippen molar-refractivity contribution in [3.63, 3.8) is 0 Å². The highest BCUT2D eigenvalue weighted by Crippen LogP contribution is 2.33. The Kier molecular flexibility index (Phi) is 6.12. The molecule has 0 saturated carbocycles. The second-order valence-corrected chi connectivity index (χ2v) is 8.69. The number of aromatic nitrogens is 2. The van der Waals surface area contributed by atoms with Crippen molar-refractivity contribution in [2.45, 2.75) is 36.8 Å². The van der Waals surface area contributed by atoms with E-state index in [0.29, 0.717) is 5.75 Å². The molecule has 1 atom stereocenters. The molecule has 146 valence electrons. The Hall–Kier alpha value is -2.12. The van der Waals surface area contributed by atoms with E-state index in [1.54, 1.807) is 24.8 Å². The molecule has 3 heterocycles. The van der Waals surface area contributed by atoms with Crippen molar-refractivity contribution in [2.75, 3.05) is 19.4 Å². The molecule has 0 N–H and O–H groups in total. The summed E-state index contributed by atoms with van der Waals surface area (Å²) in [5.41, 5.74) is 1.18. The average molecular weight is 414 g/mol. The first-order chi connectivity index (χ1) is 13.8. The molecule has 0 unspecified atom stereocenters. The van der Waals surface area contributed by atoms with Gasteiger partial charge in [0.25, 0.3) is 0 Å². The zero-order valence-electron chi connectivity index (χ0n) is 15.8. The number of rotatable bonds is 5. The summed E-state index contributed by atoms with van der Waals surface area (Å²) in [5.74, 6) is 1.42. The van der Waals surface area contributed by atoms with Crippen molar-refractivity contribution in [2.24, 2.45) is 0 Å². The molecule has 0 radical (unpaired) electrons. The molecule has 2 aromatic heterocycles. The quantitative estimate of drug-likeness (QED) is 0.438. The van der Waals surface area contributed by atoms with E-state index in [4.69, 9.17) is 4.74 Å². The van der Waals surface area contributed by atoms with Gasteiger partial charge in [0, 0.05) is 11.9 Å². The van der Waals surface area contributed by atoms with Crippen molar-refractivity contribution in [1.82, 2.24) is 14.9 Å². The lowest BCUT2D eigenvalue weighted by molar-refractivity contribution is -0.130. The summed E-state index contributed by atoms with van der Waals surface area (Å²) in [6.07, 6.45) is 5.97. The number of amides is 1. The lowest BCUT2D eigenvalue weighted by atomic mass is 10.0. The van der Waals surface area contributed by atoms with Gasteiger partial charge in [0.15, 0.2) is 0 Å². The number of ether oxygens (including phenoxy) is 1. The van der Waals surface area contributed by atoms with Gasteiger partial charge < -0.3 is 9.64 Å². The Morgan fingerprint density at radius 2 is 2.07 bits per heavy atom. The predicted molar refractivity (Wildman–Crippen MR) is 114 cm³/mol. The number of nitrogens with zero attached hydrogens (tertiary/aromatic N) is 3. The number of carbonyl (C=O) groups excluding carboxylic acids is 1. The van der Waals surface area contributed by atoms with Crippen molar-refractivity contribution >= 4 is 39.2 Å². The van der Waals surface area contributed by atoms with Crippen LogP contribution in [0.3, 0.4) is 0 Å². The Morgan fingerprint density at radius 3 is 2.89 bits per heavy atom. The first kappa shape index (κ1) is 19.2. The van der Waals surface area contributed by atoms with Gasteiger partial charge in [-0.1, -0.05) is 36.7 Å². The fourth-order valence-corrected chi connectivity index (χ4v) is 5.34. The first-order valence-electron chi connectivity index (χ1n) is 9.50. The first-order valence-corrected chi connectivity index (χ1v) is 11.4. The van der Waals surface area contributed by atoms with Gasteiger partial charge in [-0.25, -0.2) is 9.97 Å². The van der Waals surface area contributed by atoms with Gasteiger partial charge in [-0.3, -0.25) is 4.79 Å². The highest BCUT2D eigenvalue weighted by Gasteiger charge is 2.27. The minimum atomic E-state index is 0.132. The van der Waals surface area contributed by atoms with Gasteiger partial charge in [0.2, 0.25) is 5.91 Å². The molecular weight excluding hydrogens is 390 g/mol. The van der Waals surface area contributed by atoms with E-state index in [1.165, 1.54) is 23.7 Å². The number of hydrogen-bond donors (Lipinski definition) is 0. The van der Waals surface area contributed by atoms with Crippen LogP contribution in [0.5, 0.6) is 5.75 Å². The van der Waals surface area contributed by atoms with Crippen LogP contribution in [0.25, 0.3) is 10.2 Å². The lowest BCUT2D eigenvalue weighted by Crippen LogP contribution is -2.36. The Morgan fingerprint density at radius 1 is 1.21 bits per heavy atom. The van der Waals surface area contributed by atoms with Gasteiger partial charge in [-0.2, -0.15) is 0 Å². The van der Waals surface area contributed by atoms with Gasteiger partial charge in [-0.05, 0) is 42.0 Å². The minimum Gasteiger partial charge on any atom is -0.497 e. The van der Waals surface area contributed by atoms with E-state index < -0.39 is 0 Å². The highest BCUT2D eigenvalue weighted by atomic mass is 32.2. The summed E-state index contributed by atoms with van der Waals surface area (Å²) in [7, 11) is 1.67. The third kappa shape index (κ3) is 4.15. The standard InChI is InChI=1S/C21H23N3O2S2/c1-26-16-8-6-15(7-9-16)18-5-3-2-4-11-24(18)19(25)13-28-21-17-10-12-27-20(17)22-14-23-21/h6-10,12,14,18H,2-5,11,13H2,1H3/t18-/m1/s1. The van der Waals surface area contributed by atoms with Crippen LogP contribution in [0.15, 0.2) is 47.1 Å². The van der Waals surface area contributed by atoms with Crippen LogP contribution in [0.2, 0.25) is 0 Å². The van der Waals surface area contributed by atoms with E-state index in [2.05, 4.69) is 27.0 Å². The second-order valence-electron chi connectivity index (χ2n) is 6.83. The van der Waals surface area contributed by atoms with Gasteiger partial charge in [0.1, 0.15) is 21.9 Å². The van der Waals surface area contributed by atoms with Gasteiger partial charge in [0.05, 0.1) is 18.9 Å². The summed E-state index contributed by atoms with van der Waals surface area (Å²) in [4.78, 5) is 24.8. The van der Waals surface area contributed by atoms with Crippen LogP contribution in [-0.4, -0.2) is 40.2 Å². The SMILES string of the molecule is COc1ccc([C@H]2CCCCCN2C(=O)CSc2ncnc3sccc23)cc1.